The Morgan fingerprint density at radius 2 is 1.83 bits per heavy atom. The minimum Gasteiger partial charge on any atom is -0.295 e. The quantitative estimate of drug-likeness (QED) is 0.182. The van der Waals surface area contributed by atoms with E-state index in [9.17, 15) is 0 Å². The van der Waals surface area contributed by atoms with Gasteiger partial charge in [0.05, 0.1) is 0 Å². The number of hydrogen-bond donors (Lipinski definition) is 2. The molecule has 0 atom stereocenters. The highest BCUT2D eigenvalue weighted by Gasteiger charge is 2.04. The summed E-state index contributed by atoms with van der Waals surface area (Å²) in [6.07, 6.45) is 4.80. The summed E-state index contributed by atoms with van der Waals surface area (Å²) < 4.78 is -0.961. The monoisotopic (exact) mass is 196 g/mol. The molecule has 0 bridgehead atoms. The third-order valence-corrected chi connectivity index (χ3v) is 0.533. The number of hydrogen-bond acceptors (Lipinski definition) is 2. The Labute approximate surface area is 50.4 Å². The molecule has 6 heavy (non-hydrogen) atoms. The van der Waals surface area contributed by atoms with Crippen LogP contribution in [0.25, 0.3) is 0 Å². The molecular formula is C3H5IN2. The molecule has 0 unspecified atom stereocenters. The number of halogens is 1. The summed E-state index contributed by atoms with van der Waals surface area (Å²) in [7, 11) is 0. The Hall–Kier alpha value is 0.210. The molecule has 0 aromatic heterocycles. The van der Waals surface area contributed by atoms with Crippen LogP contribution in [0.1, 0.15) is 0 Å². The van der Waals surface area contributed by atoms with E-state index >= 15 is 0 Å². The van der Waals surface area contributed by atoms with E-state index in [0.29, 0.717) is 0 Å². The van der Waals surface area contributed by atoms with Crippen LogP contribution in [0.3, 0.4) is 0 Å². The summed E-state index contributed by atoms with van der Waals surface area (Å²) in [5.41, 5.74) is 10.1. The molecule has 0 saturated heterocycles. The third kappa shape index (κ3) is 4.21. The van der Waals surface area contributed by atoms with Gasteiger partial charge < -0.3 is 0 Å². The van der Waals surface area contributed by atoms with E-state index in [0.717, 1.165) is 0 Å². The highest BCUT2D eigenvalue weighted by molar-refractivity contribution is 14.1. The zero-order valence-electron chi connectivity index (χ0n) is 3.11. The molecule has 34 valence electrons. The summed E-state index contributed by atoms with van der Waals surface area (Å²) in [5.74, 6) is 2.15. The second kappa shape index (κ2) is 1.78. The first kappa shape index (κ1) is 6.21. The zero-order chi connectivity index (χ0) is 5.21. The Morgan fingerprint density at radius 3 is 1.83 bits per heavy atom. The largest absolute Gasteiger partial charge is 0.295 e. The van der Waals surface area contributed by atoms with Crippen LogP contribution in [0, 0.1) is 12.3 Å². The minimum atomic E-state index is -0.961. The van der Waals surface area contributed by atoms with Gasteiger partial charge in [0.2, 0.25) is 0 Å². The molecule has 4 N–H and O–H groups in total. The van der Waals surface area contributed by atoms with E-state index in [1.54, 1.807) is 22.6 Å². The first-order chi connectivity index (χ1) is 2.56. The fourth-order valence-electron chi connectivity index (χ4n) is 0. The molecule has 0 aromatic rings. The van der Waals surface area contributed by atoms with Crippen molar-refractivity contribution in [3.8, 4) is 12.3 Å². The molecule has 0 aromatic carbocycles. The van der Waals surface area contributed by atoms with Crippen LogP contribution in [0.5, 0.6) is 0 Å². The highest BCUT2D eigenvalue weighted by atomic mass is 127. The fraction of sp³-hybridized carbons (Fsp3) is 0.333. The van der Waals surface area contributed by atoms with Crippen LogP contribution in [-0.4, -0.2) is 3.67 Å². The van der Waals surface area contributed by atoms with Crippen LogP contribution in [0.15, 0.2) is 0 Å². The van der Waals surface area contributed by atoms with Crippen molar-refractivity contribution in [2.24, 2.45) is 11.5 Å². The lowest BCUT2D eigenvalue weighted by Crippen LogP contribution is -2.40. The van der Waals surface area contributed by atoms with Crippen molar-refractivity contribution in [3.63, 3.8) is 0 Å². The van der Waals surface area contributed by atoms with Crippen LogP contribution in [0.4, 0.5) is 0 Å². The predicted octanol–water partition coefficient (Wildman–Crippen LogP) is -0.374. The lowest BCUT2D eigenvalue weighted by Gasteiger charge is -2.03. The van der Waals surface area contributed by atoms with Crippen molar-refractivity contribution in [1.29, 1.82) is 0 Å². The number of alkyl halides is 1. The van der Waals surface area contributed by atoms with Gasteiger partial charge >= 0.3 is 0 Å². The van der Waals surface area contributed by atoms with Gasteiger partial charge in [-0.2, -0.15) is 0 Å². The molecule has 0 spiro atoms. The van der Waals surface area contributed by atoms with E-state index in [2.05, 4.69) is 5.92 Å². The van der Waals surface area contributed by atoms with Gasteiger partial charge in [-0.25, -0.2) is 0 Å². The first-order valence-corrected chi connectivity index (χ1v) is 2.38. The Morgan fingerprint density at radius 1 is 1.67 bits per heavy atom. The highest BCUT2D eigenvalue weighted by Crippen LogP contribution is 1.96. The molecule has 0 aliphatic rings. The maximum atomic E-state index is 5.06. The third-order valence-electron chi connectivity index (χ3n) is 0.221. The van der Waals surface area contributed by atoms with Gasteiger partial charge in [0, 0.05) is 0 Å². The molecular weight excluding hydrogens is 191 g/mol. The van der Waals surface area contributed by atoms with Crippen LogP contribution in [-0.2, 0) is 0 Å². The molecule has 0 radical (unpaired) electrons. The number of rotatable bonds is 0. The Balaban J connectivity index is 3.55. The lowest BCUT2D eigenvalue weighted by atomic mass is 10.6. The molecule has 0 aliphatic heterocycles. The van der Waals surface area contributed by atoms with E-state index in [1.165, 1.54) is 0 Å². The Bertz CT molecular complexity index is 75.8. The number of nitrogens with two attached hydrogens (primary N) is 2. The molecule has 0 aliphatic carbocycles. The first-order valence-electron chi connectivity index (χ1n) is 1.31. The van der Waals surface area contributed by atoms with Crippen molar-refractivity contribution in [3.05, 3.63) is 0 Å². The summed E-state index contributed by atoms with van der Waals surface area (Å²) >= 11 is 1.76. The average Bonchev–Trinajstić information content (AvgIpc) is 1.35. The lowest BCUT2D eigenvalue weighted by molar-refractivity contribution is 0.873. The molecule has 0 heterocycles. The molecule has 0 amide bonds. The van der Waals surface area contributed by atoms with Gasteiger partial charge in [-0.1, -0.05) is 5.92 Å². The second-order valence-corrected chi connectivity index (χ2v) is 2.70. The summed E-state index contributed by atoms with van der Waals surface area (Å²) in [6.45, 7) is 0. The van der Waals surface area contributed by atoms with Gasteiger partial charge in [0.25, 0.3) is 0 Å². The zero-order valence-corrected chi connectivity index (χ0v) is 5.27. The molecule has 0 saturated carbocycles. The molecule has 3 heteroatoms. The Kier molecular flexibility index (Phi) is 1.84. The minimum absolute atomic E-state index is 0.961. The van der Waals surface area contributed by atoms with Gasteiger partial charge in [-0.05, 0) is 22.6 Å². The van der Waals surface area contributed by atoms with E-state index in [-0.39, 0.29) is 0 Å². The fourth-order valence-corrected chi connectivity index (χ4v) is 0. The van der Waals surface area contributed by atoms with Gasteiger partial charge in [-0.15, -0.1) is 6.42 Å². The number of terminal acetylenes is 1. The molecule has 0 rings (SSSR count). The van der Waals surface area contributed by atoms with Gasteiger partial charge in [0.1, 0.15) is 0 Å². The SMILES string of the molecule is C#CC(N)(N)I. The van der Waals surface area contributed by atoms with Gasteiger partial charge in [-0.3, -0.25) is 11.5 Å². The van der Waals surface area contributed by atoms with Crippen LogP contribution < -0.4 is 11.5 Å². The van der Waals surface area contributed by atoms with Crippen molar-refractivity contribution >= 4 is 22.6 Å². The predicted molar refractivity (Wildman–Crippen MR) is 34.0 cm³/mol. The summed E-state index contributed by atoms with van der Waals surface area (Å²) in [4.78, 5) is 0. The normalized spacial score (nSPS) is 10.3. The second-order valence-electron chi connectivity index (χ2n) is 0.912. The average molecular weight is 196 g/mol. The van der Waals surface area contributed by atoms with Crippen LogP contribution in [0.2, 0.25) is 0 Å². The summed E-state index contributed by atoms with van der Waals surface area (Å²) in [6, 6.07) is 0. The van der Waals surface area contributed by atoms with Crippen molar-refractivity contribution in [1.82, 2.24) is 0 Å². The molecule has 2 nitrogen and oxygen atoms in total. The van der Waals surface area contributed by atoms with E-state index in [1.807, 2.05) is 0 Å². The maximum absolute atomic E-state index is 5.06. The van der Waals surface area contributed by atoms with Gasteiger partial charge in [0.15, 0.2) is 3.67 Å². The smallest absolute Gasteiger partial charge is 0.180 e. The maximum Gasteiger partial charge on any atom is 0.180 e. The summed E-state index contributed by atoms with van der Waals surface area (Å²) in [5, 5.41) is 0. The van der Waals surface area contributed by atoms with Crippen molar-refractivity contribution < 1.29 is 0 Å². The van der Waals surface area contributed by atoms with Crippen molar-refractivity contribution in [2.45, 2.75) is 3.67 Å². The van der Waals surface area contributed by atoms with E-state index in [4.69, 9.17) is 17.9 Å². The van der Waals surface area contributed by atoms with Crippen LogP contribution >= 0.6 is 22.6 Å². The topological polar surface area (TPSA) is 52.0 Å². The van der Waals surface area contributed by atoms with E-state index < -0.39 is 3.67 Å². The molecule has 0 fully saturated rings. The standard InChI is InChI=1S/C3H5IN2/c1-2-3(4,5)6/h1H,5-6H2. The van der Waals surface area contributed by atoms with Crippen molar-refractivity contribution in [2.75, 3.05) is 0 Å².